The molecule has 0 saturated heterocycles. The molecule has 0 aliphatic rings. The summed E-state index contributed by atoms with van der Waals surface area (Å²) >= 11 is -2.96. The van der Waals surface area contributed by atoms with Gasteiger partial charge in [-0.1, -0.05) is 0 Å². The number of carbonyl (C=O) groups is 1. The molecule has 0 aromatic carbocycles. The maximum absolute atomic E-state index is 11.2. The Morgan fingerprint density at radius 3 is 2.00 bits per heavy atom. The van der Waals surface area contributed by atoms with Crippen LogP contribution < -0.4 is 4.72 Å². The lowest BCUT2D eigenvalue weighted by molar-refractivity contribution is -0.171. The van der Waals surface area contributed by atoms with Crippen molar-refractivity contribution in [3.05, 3.63) is 0 Å². The molecule has 60 valence electrons. The van der Waals surface area contributed by atoms with Gasteiger partial charge in [0.15, 0.2) is 0 Å². The summed E-state index contributed by atoms with van der Waals surface area (Å²) in [7, 11) is 0. The van der Waals surface area contributed by atoms with Gasteiger partial charge in [0.2, 0.25) is 0 Å². The molecule has 1 amide bonds. The van der Waals surface area contributed by atoms with E-state index in [-0.39, 0.29) is 0 Å². The van der Waals surface area contributed by atoms with Crippen molar-refractivity contribution >= 4 is 17.2 Å². The molecule has 10 heavy (non-hydrogen) atoms. The first-order valence-electron chi connectivity index (χ1n) is 1.82. The van der Waals surface area contributed by atoms with E-state index in [9.17, 15) is 22.2 Å². The van der Waals surface area contributed by atoms with E-state index in [1.807, 2.05) is 0 Å². The molecule has 0 radical (unpaired) electrons. The fourth-order valence-electron chi connectivity index (χ4n) is 0.137. The topological polar surface area (TPSA) is 66.4 Å². The Hall–Kier alpha value is -0.630. The second-order valence-electron chi connectivity index (χ2n) is 1.18. The lowest BCUT2D eigenvalue weighted by atomic mass is 10.6. The van der Waals surface area contributed by atoms with Gasteiger partial charge in [0.1, 0.15) is 0 Å². The Morgan fingerprint density at radius 1 is 1.50 bits per heavy atom. The Morgan fingerprint density at radius 2 is 1.90 bits per heavy atom. The normalized spacial score (nSPS) is 14.4. The molecule has 0 aromatic heterocycles. The van der Waals surface area contributed by atoms with Crippen molar-refractivity contribution < 1.29 is 26.7 Å². The number of nitrogens with one attached hydrogen (secondary N) is 1. The van der Waals surface area contributed by atoms with E-state index in [0.29, 0.717) is 0 Å². The van der Waals surface area contributed by atoms with Crippen molar-refractivity contribution in [2.24, 2.45) is 0 Å². The molecule has 2 N–H and O–H groups in total. The molecule has 0 bridgehead atoms. The van der Waals surface area contributed by atoms with Gasteiger partial charge in [0.05, 0.1) is 0 Å². The van der Waals surface area contributed by atoms with Gasteiger partial charge < -0.3 is 0 Å². The molecule has 0 rings (SSSR count). The molecule has 0 spiro atoms. The minimum Gasteiger partial charge on any atom is -0.289 e. The van der Waals surface area contributed by atoms with E-state index in [1.54, 1.807) is 0 Å². The van der Waals surface area contributed by atoms with Gasteiger partial charge >= 0.3 is 12.1 Å². The van der Waals surface area contributed by atoms with Crippen LogP contribution in [-0.4, -0.2) is 20.8 Å². The standard InChI is InChI=1S/C2H2F3NO3S/c3-2(4,5)1(7)6-10(8)9/h(H,6,7)(H,8,9). The molecule has 0 saturated carbocycles. The first-order chi connectivity index (χ1) is 4.34. The third-order valence-electron chi connectivity index (χ3n) is 0.437. The average molecular weight is 177 g/mol. The van der Waals surface area contributed by atoms with Crippen LogP contribution in [0.3, 0.4) is 0 Å². The van der Waals surface area contributed by atoms with Gasteiger partial charge in [0, 0.05) is 0 Å². The molecule has 1 atom stereocenters. The van der Waals surface area contributed by atoms with Gasteiger partial charge in [-0.05, 0) is 0 Å². The number of amides is 1. The van der Waals surface area contributed by atoms with Gasteiger partial charge in [-0.2, -0.15) is 13.2 Å². The molecule has 0 heterocycles. The highest BCUT2D eigenvalue weighted by Gasteiger charge is 2.39. The van der Waals surface area contributed by atoms with Crippen LogP contribution >= 0.6 is 0 Å². The molecule has 0 aliphatic carbocycles. The summed E-state index contributed by atoms with van der Waals surface area (Å²) in [5, 5.41) is 0. The van der Waals surface area contributed by atoms with E-state index >= 15 is 0 Å². The van der Waals surface area contributed by atoms with Gasteiger partial charge in [0.25, 0.3) is 11.3 Å². The number of alkyl halides is 3. The van der Waals surface area contributed by atoms with Crippen molar-refractivity contribution in [2.45, 2.75) is 6.18 Å². The monoisotopic (exact) mass is 177 g/mol. The van der Waals surface area contributed by atoms with Gasteiger partial charge in [-0.3, -0.25) is 9.35 Å². The molecule has 4 nitrogen and oxygen atoms in total. The molecule has 1 unspecified atom stereocenters. The highest BCUT2D eigenvalue weighted by atomic mass is 32.2. The van der Waals surface area contributed by atoms with E-state index in [2.05, 4.69) is 0 Å². The van der Waals surface area contributed by atoms with Crippen LogP contribution in [0.4, 0.5) is 13.2 Å². The van der Waals surface area contributed by atoms with E-state index < -0.39 is 23.3 Å². The Kier molecular flexibility index (Phi) is 2.78. The van der Waals surface area contributed by atoms with Crippen molar-refractivity contribution in [1.29, 1.82) is 0 Å². The molecule has 0 fully saturated rings. The van der Waals surface area contributed by atoms with Crippen LogP contribution in [-0.2, 0) is 16.1 Å². The van der Waals surface area contributed by atoms with Crippen LogP contribution in [0, 0.1) is 0 Å². The number of hydrogen-bond donors (Lipinski definition) is 2. The van der Waals surface area contributed by atoms with E-state index in [1.165, 1.54) is 0 Å². The minimum atomic E-state index is -5.11. The summed E-state index contributed by atoms with van der Waals surface area (Å²) in [4.78, 5) is 9.69. The largest absolute Gasteiger partial charge is 0.472 e. The first-order valence-corrected chi connectivity index (χ1v) is 2.93. The van der Waals surface area contributed by atoms with Crippen molar-refractivity contribution in [3.8, 4) is 0 Å². The van der Waals surface area contributed by atoms with Crippen LogP contribution in [0.2, 0.25) is 0 Å². The molecular formula is C2H2F3NO3S. The smallest absolute Gasteiger partial charge is 0.289 e. The SMILES string of the molecule is O=C(NS(=O)O)C(F)(F)F. The van der Waals surface area contributed by atoms with Crippen LogP contribution in [0.15, 0.2) is 0 Å². The third kappa shape index (κ3) is 3.41. The summed E-state index contributed by atoms with van der Waals surface area (Å²) in [6, 6.07) is 0. The maximum Gasteiger partial charge on any atom is 0.472 e. The molecule has 0 aliphatic heterocycles. The predicted octanol–water partition coefficient (Wildman–Crippen LogP) is -0.198. The van der Waals surface area contributed by atoms with E-state index in [4.69, 9.17) is 4.55 Å². The number of carbonyl (C=O) groups excluding carboxylic acids is 1. The Balaban J connectivity index is 3.99. The fourth-order valence-corrected chi connectivity index (χ4v) is 0.411. The second kappa shape index (κ2) is 2.97. The zero-order valence-corrected chi connectivity index (χ0v) is 5.12. The van der Waals surface area contributed by atoms with Crippen molar-refractivity contribution in [3.63, 3.8) is 0 Å². The third-order valence-corrected chi connectivity index (χ3v) is 0.797. The summed E-state index contributed by atoms with van der Waals surface area (Å²) in [5.41, 5.74) is 0. The highest BCUT2D eigenvalue weighted by molar-refractivity contribution is 7.77. The van der Waals surface area contributed by atoms with Crippen molar-refractivity contribution in [2.75, 3.05) is 0 Å². The van der Waals surface area contributed by atoms with Crippen LogP contribution in [0.5, 0.6) is 0 Å². The minimum absolute atomic E-state index is 0.747. The van der Waals surface area contributed by atoms with Gasteiger partial charge in [-0.25, -0.2) is 8.93 Å². The number of hydrogen-bond acceptors (Lipinski definition) is 2. The van der Waals surface area contributed by atoms with Gasteiger partial charge in [-0.15, -0.1) is 0 Å². The maximum atomic E-state index is 11.2. The van der Waals surface area contributed by atoms with E-state index in [0.717, 1.165) is 4.72 Å². The summed E-state index contributed by atoms with van der Waals surface area (Å²) in [6.07, 6.45) is -5.11. The summed E-state index contributed by atoms with van der Waals surface area (Å²) in [5.74, 6) is -2.44. The molecular weight excluding hydrogens is 175 g/mol. The Bertz CT molecular complexity index is 166. The number of rotatable bonds is 1. The predicted molar refractivity (Wildman–Crippen MR) is 25.0 cm³/mol. The number of halogens is 3. The zero-order chi connectivity index (χ0) is 8.36. The van der Waals surface area contributed by atoms with Crippen molar-refractivity contribution in [1.82, 2.24) is 4.72 Å². The van der Waals surface area contributed by atoms with Crippen LogP contribution in [0.25, 0.3) is 0 Å². The highest BCUT2D eigenvalue weighted by Crippen LogP contribution is 2.13. The first kappa shape index (κ1) is 9.37. The summed E-state index contributed by atoms with van der Waals surface area (Å²) in [6.45, 7) is 0. The molecule has 0 aromatic rings. The molecule has 8 heteroatoms. The lowest BCUT2D eigenvalue weighted by Crippen LogP contribution is -2.37. The second-order valence-corrected chi connectivity index (χ2v) is 1.88. The average Bonchev–Trinajstić information content (AvgIpc) is 1.60. The zero-order valence-electron chi connectivity index (χ0n) is 4.31. The fraction of sp³-hybridized carbons (Fsp3) is 0.500. The lowest BCUT2D eigenvalue weighted by Gasteiger charge is -2.02. The summed E-state index contributed by atoms with van der Waals surface area (Å²) < 4.78 is 51.5. The quantitative estimate of drug-likeness (QED) is 0.545. The Labute approximate surface area is 55.8 Å². The van der Waals surface area contributed by atoms with Crippen LogP contribution in [0.1, 0.15) is 0 Å².